The van der Waals surface area contributed by atoms with Crippen LogP contribution in [-0.2, 0) is 4.74 Å². The van der Waals surface area contributed by atoms with Gasteiger partial charge in [0.2, 0.25) is 0 Å². The first-order chi connectivity index (χ1) is 11.8. The van der Waals surface area contributed by atoms with E-state index in [1.807, 2.05) is 0 Å². The van der Waals surface area contributed by atoms with Crippen LogP contribution in [0.4, 0.5) is 9.18 Å². The maximum atomic E-state index is 13.8. The highest BCUT2D eigenvalue weighted by molar-refractivity contribution is 9.11. The van der Waals surface area contributed by atoms with Gasteiger partial charge in [-0.25, -0.2) is 14.2 Å². The van der Waals surface area contributed by atoms with Gasteiger partial charge in [0.1, 0.15) is 11.9 Å². The van der Waals surface area contributed by atoms with E-state index in [4.69, 9.17) is 10.1 Å². The number of amides is 1. The third-order valence-electron chi connectivity index (χ3n) is 3.25. The first kappa shape index (κ1) is 19.7. The van der Waals surface area contributed by atoms with Gasteiger partial charge in [0, 0.05) is 16.3 Å². The van der Waals surface area contributed by atoms with Crippen LogP contribution in [0.5, 0.6) is 0 Å². The van der Waals surface area contributed by atoms with Crippen LogP contribution in [0.1, 0.15) is 31.2 Å². The molecule has 1 aromatic carbocycles. The number of halogens is 2. The van der Waals surface area contributed by atoms with E-state index >= 15 is 0 Å². The summed E-state index contributed by atoms with van der Waals surface area (Å²) in [5.74, 6) is -0.444. The molecule has 25 heavy (non-hydrogen) atoms. The van der Waals surface area contributed by atoms with E-state index in [2.05, 4.69) is 35.5 Å². The molecular formula is C16H16BrFN3O2PS. The molecule has 0 fully saturated rings. The minimum atomic E-state index is -0.772. The predicted molar refractivity (Wildman–Crippen MR) is 104 cm³/mol. The Balaban J connectivity index is 2.16. The first-order valence-corrected chi connectivity index (χ1v) is 9.43. The second kappa shape index (κ2) is 8.65. The summed E-state index contributed by atoms with van der Waals surface area (Å²) in [6.45, 7) is 3.12. The van der Waals surface area contributed by atoms with Gasteiger partial charge >= 0.3 is 6.09 Å². The van der Waals surface area contributed by atoms with E-state index in [1.165, 1.54) is 17.4 Å². The molecule has 2 unspecified atom stereocenters. The molecule has 0 aliphatic heterocycles. The third-order valence-corrected chi connectivity index (χ3v) is 5.20. The normalized spacial score (nSPS) is 13.0. The van der Waals surface area contributed by atoms with Crippen molar-refractivity contribution in [2.75, 3.05) is 0 Å². The Morgan fingerprint density at radius 1 is 1.48 bits per heavy atom. The van der Waals surface area contributed by atoms with E-state index < -0.39 is 18.0 Å². The molecule has 1 heterocycles. The van der Waals surface area contributed by atoms with E-state index in [0.29, 0.717) is 14.9 Å². The van der Waals surface area contributed by atoms with Gasteiger partial charge < -0.3 is 10.1 Å². The zero-order valence-corrected chi connectivity index (χ0v) is 17.0. The molecule has 0 aliphatic rings. The molecule has 132 valence electrons. The van der Waals surface area contributed by atoms with Crippen molar-refractivity contribution in [3.05, 3.63) is 56.3 Å². The minimum Gasteiger partial charge on any atom is -0.441 e. The zero-order chi connectivity index (χ0) is 18.6. The average molecular weight is 444 g/mol. The lowest BCUT2D eigenvalue weighted by atomic mass is 10.1. The highest BCUT2D eigenvalue weighted by Crippen LogP contribution is 2.28. The third kappa shape index (κ3) is 5.17. The van der Waals surface area contributed by atoms with Gasteiger partial charge in [-0.05, 0) is 35.8 Å². The number of aromatic nitrogens is 1. The molecule has 0 bridgehead atoms. The molecule has 0 spiro atoms. The topological polar surface area (TPSA) is 75.1 Å². The molecule has 1 amide bonds. The SMILES string of the molecule is CC(=N)/C(NC(=O)OC(C)c1ccccc1F)=C(\P)c1csc(Br)n1. The van der Waals surface area contributed by atoms with Crippen LogP contribution in [0.25, 0.3) is 5.31 Å². The lowest BCUT2D eigenvalue weighted by Crippen LogP contribution is -2.28. The van der Waals surface area contributed by atoms with Crippen molar-refractivity contribution in [2.45, 2.75) is 20.0 Å². The van der Waals surface area contributed by atoms with Crippen molar-refractivity contribution < 1.29 is 13.9 Å². The molecule has 2 aromatic rings. The van der Waals surface area contributed by atoms with Gasteiger partial charge in [-0.15, -0.1) is 20.6 Å². The van der Waals surface area contributed by atoms with Gasteiger partial charge in [0.25, 0.3) is 0 Å². The molecule has 2 N–H and O–H groups in total. The van der Waals surface area contributed by atoms with Gasteiger partial charge in [-0.3, -0.25) is 5.32 Å². The summed E-state index contributed by atoms with van der Waals surface area (Å²) < 4.78 is 19.7. The zero-order valence-electron chi connectivity index (χ0n) is 13.5. The Morgan fingerprint density at radius 2 is 2.16 bits per heavy atom. The number of allylic oxidation sites excluding steroid dienone is 1. The lowest BCUT2D eigenvalue weighted by Gasteiger charge is -2.17. The Hall–Kier alpha value is -1.63. The molecule has 0 saturated heterocycles. The number of benzene rings is 1. The fourth-order valence-corrected chi connectivity index (χ4v) is 3.60. The molecule has 2 atom stereocenters. The first-order valence-electron chi connectivity index (χ1n) is 7.18. The Bertz CT molecular complexity index is 840. The van der Waals surface area contributed by atoms with Crippen molar-refractivity contribution in [1.82, 2.24) is 10.3 Å². The summed E-state index contributed by atoms with van der Waals surface area (Å²) in [5, 5.41) is 12.8. The smallest absolute Gasteiger partial charge is 0.412 e. The van der Waals surface area contributed by atoms with E-state index in [9.17, 15) is 9.18 Å². The predicted octanol–water partition coefficient (Wildman–Crippen LogP) is 5.12. The summed E-state index contributed by atoms with van der Waals surface area (Å²) in [4.78, 5) is 16.4. The van der Waals surface area contributed by atoms with Gasteiger partial charge in [0.05, 0.1) is 17.1 Å². The van der Waals surface area contributed by atoms with Crippen molar-refractivity contribution >= 4 is 53.6 Å². The largest absolute Gasteiger partial charge is 0.441 e. The Kier molecular flexibility index (Phi) is 6.81. The molecule has 2 rings (SSSR count). The van der Waals surface area contributed by atoms with Crippen LogP contribution >= 0.6 is 36.5 Å². The summed E-state index contributed by atoms with van der Waals surface area (Å²) >= 11 is 4.67. The van der Waals surface area contributed by atoms with Crippen LogP contribution in [-0.4, -0.2) is 16.8 Å². The summed E-state index contributed by atoms with van der Waals surface area (Å²) in [6, 6.07) is 6.10. The maximum Gasteiger partial charge on any atom is 0.412 e. The second-order valence-electron chi connectivity index (χ2n) is 5.09. The number of carbonyl (C=O) groups excluding carboxylic acids is 1. The number of hydrogen-bond acceptors (Lipinski definition) is 5. The molecular weight excluding hydrogens is 428 g/mol. The van der Waals surface area contributed by atoms with Crippen molar-refractivity contribution in [2.24, 2.45) is 0 Å². The Labute approximate surface area is 159 Å². The molecule has 0 aliphatic carbocycles. The number of ether oxygens (including phenoxy) is 1. The van der Waals surface area contributed by atoms with Gasteiger partial charge in [-0.1, -0.05) is 18.2 Å². The molecule has 0 radical (unpaired) electrons. The van der Waals surface area contributed by atoms with E-state index in [-0.39, 0.29) is 17.0 Å². The number of alkyl carbamates (subject to hydrolysis) is 1. The van der Waals surface area contributed by atoms with E-state index in [1.54, 1.807) is 37.4 Å². The highest BCUT2D eigenvalue weighted by atomic mass is 79.9. The molecule has 1 aromatic heterocycles. The number of nitrogens with zero attached hydrogens (tertiary/aromatic N) is 1. The fraction of sp³-hybridized carbons (Fsp3) is 0.188. The number of nitrogens with one attached hydrogen (secondary N) is 2. The van der Waals surface area contributed by atoms with Gasteiger partial charge in [0.15, 0.2) is 3.92 Å². The highest BCUT2D eigenvalue weighted by Gasteiger charge is 2.18. The van der Waals surface area contributed by atoms with Crippen molar-refractivity contribution in [3.63, 3.8) is 0 Å². The van der Waals surface area contributed by atoms with Gasteiger partial charge in [-0.2, -0.15) is 0 Å². The molecule has 5 nitrogen and oxygen atoms in total. The minimum absolute atomic E-state index is 0.143. The molecule has 0 saturated carbocycles. The fourth-order valence-electron chi connectivity index (χ4n) is 2.03. The summed E-state index contributed by atoms with van der Waals surface area (Å²) in [5.41, 5.74) is 1.31. The lowest BCUT2D eigenvalue weighted by molar-refractivity contribution is 0.108. The quantitative estimate of drug-likeness (QED) is 0.497. The van der Waals surface area contributed by atoms with Crippen LogP contribution in [0, 0.1) is 11.2 Å². The van der Waals surface area contributed by atoms with E-state index in [0.717, 1.165) is 0 Å². The Morgan fingerprint density at radius 3 is 2.72 bits per heavy atom. The van der Waals surface area contributed by atoms with Crippen LogP contribution < -0.4 is 5.32 Å². The van der Waals surface area contributed by atoms with Crippen molar-refractivity contribution in [3.8, 4) is 0 Å². The van der Waals surface area contributed by atoms with Crippen LogP contribution in [0.15, 0.2) is 39.3 Å². The average Bonchev–Trinajstić information content (AvgIpc) is 2.98. The number of hydrogen-bond donors (Lipinski definition) is 2. The maximum absolute atomic E-state index is 13.8. The molecule has 9 heteroatoms. The monoisotopic (exact) mass is 443 g/mol. The summed E-state index contributed by atoms with van der Waals surface area (Å²) in [6.07, 6.45) is -1.54. The van der Waals surface area contributed by atoms with Crippen molar-refractivity contribution in [1.29, 1.82) is 5.41 Å². The standard InChI is InChI=1S/C16H16BrFN3O2PS/c1-8(19)13(14(24)12-7-25-15(17)20-12)21-16(22)23-9(2)10-5-3-4-6-11(10)18/h3-7,9,19H,24H2,1-2H3,(H,21,22)/b14-13+,19-8?. The van der Waals surface area contributed by atoms with Crippen LogP contribution in [0.3, 0.4) is 0 Å². The second-order valence-corrected chi connectivity index (χ2v) is 7.80. The number of carbonyl (C=O) groups is 1. The summed E-state index contributed by atoms with van der Waals surface area (Å²) in [7, 11) is 2.47. The number of rotatable bonds is 5. The van der Waals surface area contributed by atoms with Crippen LogP contribution in [0.2, 0.25) is 0 Å². The number of thiazole rings is 1.